The molecule has 3 nitrogen and oxygen atoms in total. The van der Waals surface area contributed by atoms with Crippen molar-refractivity contribution in [3.8, 4) is 11.8 Å². The van der Waals surface area contributed by atoms with E-state index in [4.69, 9.17) is 16.7 Å². The molecule has 0 saturated carbocycles. The Hall–Kier alpha value is -2.28. The number of nitrogens with one attached hydrogen (secondary N) is 1. The highest BCUT2D eigenvalue weighted by atomic mass is 35.5. The second-order valence-corrected chi connectivity index (χ2v) is 4.44. The minimum Gasteiger partial charge on any atom is -0.384 e. The fraction of sp³-hybridized carbons (Fsp3) is 0.0625. The molecule has 1 amide bonds. The van der Waals surface area contributed by atoms with Gasteiger partial charge in [0.25, 0.3) is 5.91 Å². The van der Waals surface area contributed by atoms with Gasteiger partial charge < -0.3 is 10.4 Å². The Kier molecular flexibility index (Phi) is 4.78. The van der Waals surface area contributed by atoms with E-state index in [0.29, 0.717) is 16.3 Å². The number of aliphatic hydroxyl groups is 1. The van der Waals surface area contributed by atoms with Gasteiger partial charge in [0.1, 0.15) is 6.61 Å². The Balaban J connectivity index is 2.15. The number of halogens is 1. The van der Waals surface area contributed by atoms with Crippen LogP contribution in [0.3, 0.4) is 0 Å². The lowest BCUT2D eigenvalue weighted by molar-refractivity contribution is 0.102. The predicted octanol–water partition coefficient (Wildman–Crippen LogP) is 2.94. The van der Waals surface area contributed by atoms with Gasteiger partial charge in [-0.15, -0.1) is 0 Å². The normalized spacial score (nSPS) is 9.50. The van der Waals surface area contributed by atoms with Crippen molar-refractivity contribution < 1.29 is 9.90 Å². The topological polar surface area (TPSA) is 49.3 Å². The lowest BCUT2D eigenvalue weighted by Gasteiger charge is -2.06. The van der Waals surface area contributed by atoms with Gasteiger partial charge in [0.2, 0.25) is 0 Å². The summed E-state index contributed by atoms with van der Waals surface area (Å²) >= 11 is 5.85. The molecule has 4 heteroatoms. The predicted molar refractivity (Wildman–Crippen MR) is 79.8 cm³/mol. The summed E-state index contributed by atoms with van der Waals surface area (Å²) in [6.07, 6.45) is 0. The summed E-state index contributed by atoms with van der Waals surface area (Å²) in [6, 6.07) is 13.8. The number of carbonyl (C=O) groups is 1. The van der Waals surface area contributed by atoms with Gasteiger partial charge in [-0.1, -0.05) is 35.6 Å². The van der Waals surface area contributed by atoms with E-state index in [1.807, 2.05) is 0 Å². The molecular formula is C16H12ClNO2. The fourth-order valence-electron chi connectivity index (χ4n) is 1.65. The number of rotatable bonds is 2. The van der Waals surface area contributed by atoms with Crippen LogP contribution in [0.4, 0.5) is 5.69 Å². The van der Waals surface area contributed by atoms with E-state index >= 15 is 0 Å². The zero-order valence-corrected chi connectivity index (χ0v) is 11.3. The molecule has 0 radical (unpaired) electrons. The molecule has 0 bridgehead atoms. The van der Waals surface area contributed by atoms with Crippen LogP contribution in [-0.4, -0.2) is 17.6 Å². The van der Waals surface area contributed by atoms with E-state index < -0.39 is 0 Å². The molecule has 2 N–H and O–H groups in total. The minimum absolute atomic E-state index is 0.195. The highest BCUT2D eigenvalue weighted by Crippen LogP contribution is 2.14. The first-order valence-electron chi connectivity index (χ1n) is 5.96. The first kappa shape index (κ1) is 14.1. The summed E-state index contributed by atoms with van der Waals surface area (Å²) in [5, 5.41) is 11.9. The van der Waals surface area contributed by atoms with Gasteiger partial charge in [0.15, 0.2) is 0 Å². The molecule has 0 atom stereocenters. The quantitative estimate of drug-likeness (QED) is 0.834. The number of benzene rings is 2. The first-order chi connectivity index (χ1) is 9.69. The largest absolute Gasteiger partial charge is 0.384 e. The third-order valence-electron chi connectivity index (χ3n) is 2.52. The van der Waals surface area contributed by atoms with Gasteiger partial charge in [-0.25, -0.2) is 0 Å². The van der Waals surface area contributed by atoms with Crippen molar-refractivity contribution in [1.29, 1.82) is 0 Å². The maximum absolute atomic E-state index is 12.0. The van der Waals surface area contributed by atoms with E-state index in [1.54, 1.807) is 48.5 Å². The lowest BCUT2D eigenvalue weighted by Crippen LogP contribution is -2.11. The lowest BCUT2D eigenvalue weighted by atomic mass is 10.2. The average Bonchev–Trinajstić information content (AvgIpc) is 2.45. The van der Waals surface area contributed by atoms with Crippen LogP contribution in [0.2, 0.25) is 5.02 Å². The Morgan fingerprint density at radius 2 is 2.00 bits per heavy atom. The second-order valence-electron chi connectivity index (χ2n) is 4.01. The third-order valence-corrected chi connectivity index (χ3v) is 2.75. The van der Waals surface area contributed by atoms with E-state index in [0.717, 1.165) is 5.56 Å². The second kappa shape index (κ2) is 6.76. The van der Waals surface area contributed by atoms with Gasteiger partial charge >= 0.3 is 0 Å². The number of aliphatic hydroxyl groups excluding tert-OH is 1. The molecule has 2 aromatic carbocycles. The Morgan fingerprint density at radius 1 is 1.20 bits per heavy atom. The molecule has 0 saturated heterocycles. The van der Waals surface area contributed by atoms with Gasteiger partial charge in [0, 0.05) is 21.8 Å². The summed E-state index contributed by atoms with van der Waals surface area (Å²) in [4.78, 5) is 12.0. The summed E-state index contributed by atoms with van der Waals surface area (Å²) in [6.45, 7) is -0.195. The summed E-state index contributed by atoms with van der Waals surface area (Å²) in [5.41, 5.74) is 1.85. The molecule has 0 spiro atoms. The summed E-state index contributed by atoms with van der Waals surface area (Å²) < 4.78 is 0. The minimum atomic E-state index is -0.236. The van der Waals surface area contributed by atoms with Gasteiger partial charge in [-0.05, 0) is 36.4 Å². The molecule has 0 aliphatic rings. The zero-order valence-electron chi connectivity index (χ0n) is 10.6. The molecule has 20 heavy (non-hydrogen) atoms. The molecule has 2 rings (SSSR count). The fourth-order valence-corrected chi connectivity index (χ4v) is 1.84. The summed E-state index contributed by atoms with van der Waals surface area (Å²) in [7, 11) is 0. The van der Waals surface area contributed by atoms with E-state index in [1.165, 1.54) is 0 Å². The maximum Gasteiger partial charge on any atom is 0.255 e. The summed E-state index contributed by atoms with van der Waals surface area (Å²) in [5.74, 6) is 5.11. The molecule has 0 aliphatic carbocycles. The molecule has 0 aliphatic heterocycles. The van der Waals surface area contributed by atoms with Crippen LogP contribution in [0.1, 0.15) is 15.9 Å². The van der Waals surface area contributed by atoms with Gasteiger partial charge in [-0.3, -0.25) is 4.79 Å². The van der Waals surface area contributed by atoms with Crippen molar-refractivity contribution in [2.45, 2.75) is 0 Å². The van der Waals surface area contributed by atoms with E-state index in [2.05, 4.69) is 17.2 Å². The van der Waals surface area contributed by atoms with Crippen molar-refractivity contribution in [2.75, 3.05) is 11.9 Å². The van der Waals surface area contributed by atoms with E-state index in [9.17, 15) is 4.79 Å². The maximum atomic E-state index is 12.0. The Morgan fingerprint density at radius 3 is 2.75 bits per heavy atom. The van der Waals surface area contributed by atoms with Crippen molar-refractivity contribution in [2.24, 2.45) is 0 Å². The highest BCUT2D eigenvalue weighted by molar-refractivity contribution is 6.31. The smallest absolute Gasteiger partial charge is 0.255 e. The Bertz CT molecular complexity index is 686. The number of amides is 1. The van der Waals surface area contributed by atoms with Crippen LogP contribution in [0.15, 0.2) is 48.5 Å². The highest BCUT2D eigenvalue weighted by Gasteiger charge is 2.06. The van der Waals surface area contributed by atoms with Crippen LogP contribution in [0, 0.1) is 11.8 Å². The van der Waals surface area contributed by atoms with Crippen molar-refractivity contribution in [3.63, 3.8) is 0 Å². The average molecular weight is 286 g/mol. The van der Waals surface area contributed by atoms with Crippen LogP contribution >= 0.6 is 11.6 Å². The van der Waals surface area contributed by atoms with Crippen LogP contribution < -0.4 is 5.32 Å². The molecule has 0 unspecified atom stereocenters. The molecule has 100 valence electrons. The number of carbonyl (C=O) groups excluding carboxylic acids is 1. The van der Waals surface area contributed by atoms with Gasteiger partial charge in [0.05, 0.1) is 0 Å². The monoisotopic (exact) mass is 285 g/mol. The SMILES string of the molecule is O=C(Nc1cccc(C#CCO)c1)c1cccc(Cl)c1. The first-order valence-corrected chi connectivity index (χ1v) is 6.33. The standard InChI is InChI=1S/C16H12ClNO2/c17-14-7-2-6-13(11-14)16(20)18-15-8-1-4-12(10-15)5-3-9-19/h1-2,4,6-8,10-11,19H,9H2,(H,18,20). The van der Waals surface area contributed by atoms with Crippen molar-refractivity contribution in [1.82, 2.24) is 0 Å². The molecule has 0 aromatic heterocycles. The van der Waals surface area contributed by atoms with Crippen LogP contribution in [-0.2, 0) is 0 Å². The molecule has 0 fully saturated rings. The van der Waals surface area contributed by atoms with Crippen LogP contribution in [0.25, 0.3) is 0 Å². The Labute approximate surface area is 122 Å². The number of hydrogen-bond donors (Lipinski definition) is 2. The van der Waals surface area contributed by atoms with Gasteiger partial charge in [-0.2, -0.15) is 0 Å². The molecule has 2 aromatic rings. The zero-order chi connectivity index (χ0) is 14.4. The van der Waals surface area contributed by atoms with Crippen molar-refractivity contribution >= 4 is 23.2 Å². The number of hydrogen-bond acceptors (Lipinski definition) is 2. The third kappa shape index (κ3) is 3.86. The number of anilines is 1. The van der Waals surface area contributed by atoms with Crippen LogP contribution in [0.5, 0.6) is 0 Å². The van der Waals surface area contributed by atoms with E-state index in [-0.39, 0.29) is 12.5 Å². The molecular weight excluding hydrogens is 274 g/mol. The van der Waals surface area contributed by atoms with Crippen molar-refractivity contribution in [3.05, 3.63) is 64.7 Å². The molecule has 0 heterocycles.